The fraction of sp³-hybridized carbons (Fsp3) is 0.533. The van der Waals surface area contributed by atoms with E-state index in [1.807, 2.05) is 52.1 Å². The highest BCUT2D eigenvalue weighted by Gasteiger charge is 2.34. The molecule has 2 N–H and O–H groups in total. The van der Waals surface area contributed by atoms with E-state index in [0.717, 1.165) is 12.0 Å². The zero-order chi connectivity index (χ0) is 14.6. The van der Waals surface area contributed by atoms with Crippen LogP contribution < -0.4 is 5.73 Å². The molecule has 4 heteroatoms. The number of nitrogens with zero attached hydrogens (tertiary/aromatic N) is 1. The smallest absolute Gasteiger partial charge is 0.230 e. The largest absolute Gasteiger partial charge is 0.338 e. The van der Waals surface area contributed by atoms with Gasteiger partial charge < -0.3 is 10.6 Å². The third-order valence-electron chi connectivity index (χ3n) is 3.98. The van der Waals surface area contributed by atoms with Gasteiger partial charge in [0.2, 0.25) is 5.91 Å². The second kappa shape index (κ2) is 6.40. The van der Waals surface area contributed by atoms with Gasteiger partial charge in [-0.3, -0.25) is 4.79 Å². The van der Waals surface area contributed by atoms with Gasteiger partial charge in [0.25, 0.3) is 0 Å². The number of amides is 1. The van der Waals surface area contributed by atoms with Crippen molar-refractivity contribution in [2.24, 2.45) is 11.1 Å². The van der Waals surface area contributed by atoms with E-state index in [1.54, 1.807) is 4.90 Å². The molecule has 2 atom stereocenters. The van der Waals surface area contributed by atoms with Crippen LogP contribution in [0.4, 0.5) is 0 Å². The Kier molecular flexibility index (Phi) is 5.39. The maximum absolute atomic E-state index is 12.5. The lowest BCUT2D eigenvalue weighted by molar-refractivity contribution is -0.141. The zero-order valence-electron chi connectivity index (χ0n) is 12.1. The molecular weight excluding hydrogens is 260 g/mol. The summed E-state index contributed by atoms with van der Waals surface area (Å²) in [6.07, 6.45) is 0.731. The summed E-state index contributed by atoms with van der Waals surface area (Å²) in [7, 11) is 1.82. The Morgan fingerprint density at radius 1 is 1.53 bits per heavy atom. The van der Waals surface area contributed by atoms with E-state index in [0.29, 0.717) is 11.6 Å². The Hall–Kier alpha value is -1.06. The second-order valence-electron chi connectivity index (χ2n) is 5.27. The summed E-state index contributed by atoms with van der Waals surface area (Å²) in [5.41, 5.74) is 6.28. The van der Waals surface area contributed by atoms with Crippen molar-refractivity contribution in [1.82, 2.24) is 4.90 Å². The van der Waals surface area contributed by atoms with Crippen LogP contribution in [0, 0.1) is 5.41 Å². The van der Waals surface area contributed by atoms with Crippen molar-refractivity contribution in [1.29, 1.82) is 0 Å². The van der Waals surface area contributed by atoms with Gasteiger partial charge in [0.15, 0.2) is 0 Å². The van der Waals surface area contributed by atoms with E-state index in [-0.39, 0.29) is 11.9 Å². The topological polar surface area (TPSA) is 46.3 Å². The van der Waals surface area contributed by atoms with Gasteiger partial charge in [0.05, 0.1) is 11.5 Å². The van der Waals surface area contributed by atoms with Gasteiger partial charge in [0.1, 0.15) is 0 Å². The summed E-state index contributed by atoms with van der Waals surface area (Å²) in [5.74, 6) is 0.0741. The summed E-state index contributed by atoms with van der Waals surface area (Å²) in [6, 6.07) is 7.57. The summed E-state index contributed by atoms with van der Waals surface area (Å²) in [5, 5.41) is 0.683. The molecule has 0 spiro atoms. The number of halogens is 1. The van der Waals surface area contributed by atoms with Gasteiger partial charge in [-0.25, -0.2) is 0 Å². The summed E-state index contributed by atoms with van der Waals surface area (Å²) in [4.78, 5) is 14.3. The highest BCUT2D eigenvalue weighted by atomic mass is 35.5. The van der Waals surface area contributed by atoms with Gasteiger partial charge >= 0.3 is 0 Å². The van der Waals surface area contributed by atoms with Crippen molar-refractivity contribution in [3.63, 3.8) is 0 Å². The van der Waals surface area contributed by atoms with Crippen LogP contribution in [0.2, 0.25) is 5.02 Å². The first-order chi connectivity index (χ1) is 8.85. The van der Waals surface area contributed by atoms with E-state index in [1.165, 1.54) is 0 Å². The lowest BCUT2D eigenvalue weighted by atomic mass is 9.85. The fourth-order valence-corrected chi connectivity index (χ4v) is 2.17. The first-order valence-corrected chi connectivity index (χ1v) is 6.96. The average molecular weight is 283 g/mol. The second-order valence-corrected chi connectivity index (χ2v) is 5.70. The first-order valence-electron chi connectivity index (χ1n) is 6.58. The van der Waals surface area contributed by atoms with Crippen LogP contribution in [0.5, 0.6) is 0 Å². The van der Waals surface area contributed by atoms with Gasteiger partial charge in [0, 0.05) is 18.6 Å². The molecule has 1 aromatic rings. The third kappa shape index (κ3) is 3.48. The molecule has 0 aliphatic rings. The number of carbonyl (C=O) groups is 1. The van der Waals surface area contributed by atoms with Crippen LogP contribution in [0.1, 0.15) is 38.8 Å². The Bertz CT molecular complexity index is 444. The highest BCUT2D eigenvalue weighted by molar-refractivity contribution is 6.30. The minimum atomic E-state index is -0.498. The molecule has 0 heterocycles. The van der Waals surface area contributed by atoms with Crippen LogP contribution in [-0.4, -0.2) is 24.4 Å². The number of hydrogen-bond acceptors (Lipinski definition) is 2. The van der Waals surface area contributed by atoms with E-state index in [2.05, 4.69) is 0 Å². The monoisotopic (exact) mass is 282 g/mol. The van der Waals surface area contributed by atoms with Gasteiger partial charge in [-0.05, 0) is 38.0 Å². The SMILES string of the molecule is CCC(C)(CN)C(=O)N(C)C(C)c1cccc(Cl)c1. The first kappa shape index (κ1) is 16.0. The van der Waals surface area contributed by atoms with Crippen LogP contribution in [0.25, 0.3) is 0 Å². The normalized spacial score (nSPS) is 15.7. The fourth-order valence-electron chi connectivity index (χ4n) is 1.97. The zero-order valence-corrected chi connectivity index (χ0v) is 12.9. The molecule has 1 aromatic carbocycles. The maximum Gasteiger partial charge on any atom is 0.230 e. The molecule has 0 aromatic heterocycles. The van der Waals surface area contributed by atoms with Crippen molar-refractivity contribution in [3.05, 3.63) is 34.9 Å². The van der Waals surface area contributed by atoms with Crippen molar-refractivity contribution < 1.29 is 4.79 Å². The lowest BCUT2D eigenvalue weighted by Crippen LogP contribution is -2.45. The molecule has 106 valence electrons. The maximum atomic E-state index is 12.5. The molecule has 0 radical (unpaired) electrons. The molecule has 1 amide bonds. The molecular formula is C15H23ClN2O. The predicted molar refractivity (Wildman–Crippen MR) is 80.1 cm³/mol. The average Bonchev–Trinajstić information content (AvgIpc) is 2.44. The number of rotatable bonds is 5. The Morgan fingerprint density at radius 3 is 2.63 bits per heavy atom. The van der Waals surface area contributed by atoms with E-state index in [4.69, 9.17) is 17.3 Å². The molecule has 3 nitrogen and oxygen atoms in total. The van der Waals surface area contributed by atoms with Crippen molar-refractivity contribution in [3.8, 4) is 0 Å². The van der Waals surface area contributed by atoms with Gasteiger partial charge in [-0.1, -0.05) is 30.7 Å². The predicted octanol–water partition coefficient (Wildman–Crippen LogP) is 3.23. The molecule has 2 unspecified atom stereocenters. The van der Waals surface area contributed by atoms with Gasteiger partial charge in [-0.15, -0.1) is 0 Å². The molecule has 0 aliphatic carbocycles. The van der Waals surface area contributed by atoms with E-state index >= 15 is 0 Å². The van der Waals surface area contributed by atoms with Crippen LogP contribution in [0.15, 0.2) is 24.3 Å². The highest BCUT2D eigenvalue weighted by Crippen LogP contribution is 2.28. The van der Waals surface area contributed by atoms with E-state index in [9.17, 15) is 4.79 Å². The number of hydrogen-bond donors (Lipinski definition) is 1. The molecule has 0 saturated heterocycles. The minimum Gasteiger partial charge on any atom is -0.338 e. The molecule has 0 saturated carbocycles. The van der Waals surface area contributed by atoms with Crippen molar-refractivity contribution in [2.75, 3.05) is 13.6 Å². The molecule has 0 fully saturated rings. The summed E-state index contributed by atoms with van der Waals surface area (Å²) < 4.78 is 0. The molecule has 1 rings (SSSR count). The summed E-state index contributed by atoms with van der Waals surface area (Å²) >= 11 is 5.99. The van der Waals surface area contributed by atoms with Crippen LogP contribution in [-0.2, 0) is 4.79 Å². The Balaban J connectivity index is 2.94. The van der Waals surface area contributed by atoms with Crippen molar-refractivity contribution >= 4 is 17.5 Å². The number of carbonyl (C=O) groups excluding carboxylic acids is 1. The number of benzene rings is 1. The third-order valence-corrected chi connectivity index (χ3v) is 4.21. The number of nitrogens with two attached hydrogens (primary N) is 1. The Morgan fingerprint density at radius 2 is 2.16 bits per heavy atom. The van der Waals surface area contributed by atoms with Crippen molar-refractivity contribution in [2.45, 2.75) is 33.2 Å². The Labute approximate surface area is 120 Å². The van der Waals surface area contributed by atoms with Crippen LogP contribution >= 0.6 is 11.6 Å². The quantitative estimate of drug-likeness (QED) is 0.901. The standard InChI is InChI=1S/C15H23ClN2O/c1-5-15(3,10-17)14(19)18(4)11(2)12-7-6-8-13(16)9-12/h6-9,11H,5,10,17H2,1-4H3. The lowest BCUT2D eigenvalue weighted by Gasteiger charge is -2.34. The van der Waals surface area contributed by atoms with E-state index < -0.39 is 5.41 Å². The molecule has 19 heavy (non-hydrogen) atoms. The molecule has 0 aliphatic heterocycles. The van der Waals surface area contributed by atoms with Gasteiger partial charge in [-0.2, -0.15) is 0 Å². The van der Waals surface area contributed by atoms with Crippen LogP contribution in [0.3, 0.4) is 0 Å². The minimum absolute atomic E-state index is 0.0244. The summed E-state index contributed by atoms with van der Waals surface area (Å²) in [6.45, 7) is 6.25. The molecule has 0 bridgehead atoms.